The molecule has 1 N–H and O–H groups in total. The number of rotatable bonds is 4. The van der Waals surface area contributed by atoms with E-state index >= 15 is 0 Å². The lowest BCUT2D eigenvalue weighted by molar-refractivity contribution is 0.0368. The fourth-order valence-electron chi connectivity index (χ4n) is 2.38. The molecule has 1 atom stereocenters. The monoisotopic (exact) mass is 259 g/mol. The molecule has 1 fully saturated rings. The molecule has 19 heavy (non-hydrogen) atoms. The maximum atomic E-state index is 8.92. The number of hydrogen-bond donors (Lipinski definition) is 1. The van der Waals surface area contributed by atoms with E-state index in [9.17, 15) is 0 Å². The van der Waals surface area contributed by atoms with Gasteiger partial charge in [0, 0.05) is 31.4 Å². The van der Waals surface area contributed by atoms with E-state index in [4.69, 9.17) is 10.00 Å². The average molecular weight is 259 g/mol. The highest BCUT2D eigenvalue weighted by Crippen LogP contribution is 2.15. The number of hydrogen-bond acceptors (Lipinski definition) is 4. The van der Waals surface area contributed by atoms with E-state index in [1.807, 2.05) is 25.1 Å². The quantitative estimate of drug-likeness (QED) is 0.898. The molecule has 0 saturated carbocycles. The molecule has 0 amide bonds. The predicted octanol–water partition coefficient (Wildman–Crippen LogP) is 2.00. The van der Waals surface area contributed by atoms with Crippen molar-refractivity contribution in [3.05, 3.63) is 29.3 Å². The van der Waals surface area contributed by atoms with E-state index in [2.05, 4.69) is 23.2 Å². The molecule has 1 aromatic carbocycles. The Bertz CT molecular complexity index is 461. The van der Waals surface area contributed by atoms with Crippen LogP contribution < -0.4 is 5.32 Å². The van der Waals surface area contributed by atoms with Crippen LogP contribution in [0.2, 0.25) is 0 Å². The second-order valence-corrected chi connectivity index (χ2v) is 5.10. The highest BCUT2D eigenvalue weighted by molar-refractivity contribution is 5.52. The number of benzene rings is 1. The first-order chi connectivity index (χ1) is 9.19. The van der Waals surface area contributed by atoms with Crippen LogP contribution in [-0.2, 0) is 4.74 Å². The Morgan fingerprint density at radius 2 is 2.16 bits per heavy atom. The summed E-state index contributed by atoms with van der Waals surface area (Å²) in [6.07, 6.45) is 0. The van der Waals surface area contributed by atoms with Crippen molar-refractivity contribution in [2.75, 3.05) is 38.2 Å². The van der Waals surface area contributed by atoms with Crippen LogP contribution in [0.5, 0.6) is 0 Å². The summed E-state index contributed by atoms with van der Waals surface area (Å²) < 4.78 is 5.35. The third kappa shape index (κ3) is 3.95. The molecule has 0 radical (unpaired) electrons. The first-order valence-electron chi connectivity index (χ1n) is 6.76. The number of anilines is 1. The molecule has 1 heterocycles. The number of nitrogens with one attached hydrogen (secondary N) is 1. The van der Waals surface area contributed by atoms with Gasteiger partial charge in [-0.15, -0.1) is 0 Å². The van der Waals surface area contributed by atoms with Gasteiger partial charge >= 0.3 is 0 Å². The summed E-state index contributed by atoms with van der Waals surface area (Å²) in [7, 11) is 0. The molecule has 2 rings (SSSR count). The topological polar surface area (TPSA) is 48.3 Å². The van der Waals surface area contributed by atoms with Crippen LogP contribution in [0.3, 0.4) is 0 Å². The predicted molar refractivity (Wildman–Crippen MR) is 76.2 cm³/mol. The molecule has 0 spiro atoms. The second-order valence-electron chi connectivity index (χ2n) is 5.10. The van der Waals surface area contributed by atoms with Crippen LogP contribution >= 0.6 is 0 Å². The van der Waals surface area contributed by atoms with E-state index in [0.29, 0.717) is 6.04 Å². The Labute approximate surface area is 115 Å². The average Bonchev–Trinajstić information content (AvgIpc) is 2.40. The van der Waals surface area contributed by atoms with Gasteiger partial charge in [-0.1, -0.05) is 0 Å². The summed E-state index contributed by atoms with van der Waals surface area (Å²) >= 11 is 0. The van der Waals surface area contributed by atoms with Gasteiger partial charge in [0.15, 0.2) is 0 Å². The van der Waals surface area contributed by atoms with E-state index in [1.165, 1.54) is 0 Å². The van der Waals surface area contributed by atoms with Crippen molar-refractivity contribution in [2.45, 2.75) is 19.9 Å². The number of nitriles is 1. The van der Waals surface area contributed by atoms with Gasteiger partial charge in [0.2, 0.25) is 0 Å². The molecule has 1 saturated heterocycles. The van der Waals surface area contributed by atoms with Gasteiger partial charge in [-0.05, 0) is 37.6 Å². The summed E-state index contributed by atoms with van der Waals surface area (Å²) in [4.78, 5) is 2.41. The minimum atomic E-state index is 0.380. The summed E-state index contributed by atoms with van der Waals surface area (Å²) in [5.41, 5.74) is 2.84. The molecule has 0 aromatic heterocycles. The smallest absolute Gasteiger partial charge is 0.0994 e. The summed E-state index contributed by atoms with van der Waals surface area (Å²) in [5, 5.41) is 12.4. The highest BCUT2D eigenvalue weighted by atomic mass is 16.5. The molecule has 0 aliphatic carbocycles. The standard InChI is InChI=1S/C15H21N3O/c1-12-9-15(4-3-14(12)10-16)17-13(2)11-18-5-7-19-8-6-18/h3-4,9,13,17H,5-8,11H2,1-2H3. The van der Waals surface area contributed by atoms with Crippen LogP contribution in [0.1, 0.15) is 18.1 Å². The molecule has 1 unspecified atom stereocenters. The van der Waals surface area contributed by atoms with Crippen molar-refractivity contribution >= 4 is 5.69 Å². The third-order valence-electron chi connectivity index (χ3n) is 3.40. The van der Waals surface area contributed by atoms with Crippen molar-refractivity contribution in [1.29, 1.82) is 5.26 Å². The fourth-order valence-corrected chi connectivity index (χ4v) is 2.38. The lowest BCUT2D eigenvalue weighted by Gasteiger charge is -2.29. The molecule has 1 aliphatic rings. The van der Waals surface area contributed by atoms with Crippen molar-refractivity contribution in [1.82, 2.24) is 4.90 Å². The van der Waals surface area contributed by atoms with Crippen LogP contribution in [-0.4, -0.2) is 43.8 Å². The summed E-state index contributed by atoms with van der Waals surface area (Å²) in [6.45, 7) is 8.87. The van der Waals surface area contributed by atoms with Crippen molar-refractivity contribution < 1.29 is 4.74 Å². The lowest BCUT2D eigenvalue weighted by atomic mass is 10.1. The Kier molecular flexibility index (Phi) is 4.78. The second kappa shape index (κ2) is 6.55. The Hall–Kier alpha value is -1.57. The first-order valence-corrected chi connectivity index (χ1v) is 6.76. The number of morpholine rings is 1. The summed E-state index contributed by atoms with van der Waals surface area (Å²) in [6, 6.07) is 8.46. The van der Waals surface area contributed by atoms with Gasteiger partial charge in [-0.25, -0.2) is 0 Å². The zero-order valence-corrected chi connectivity index (χ0v) is 11.6. The molecule has 0 bridgehead atoms. The molecule has 1 aromatic rings. The number of nitrogens with zero attached hydrogens (tertiary/aromatic N) is 2. The molecular formula is C15H21N3O. The van der Waals surface area contributed by atoms with Gasteiger partial charge in [0.05, 0.1) is 24.8 Å². The largest absolute Gasteiger partial charge is 0.381 e. The first kappa shape index (κ1) is 13.9. The lowest BCUT2D eigenvalue weighted by Crippen LogP contribution is -2.42. The van der Waals surface area contributed by atoms with Gasteiger partial charge < -0.3 is 10.1 Å². The van der Waals surface area contributed by atoms with Crippen molar-refractivity contribution in [2.24, 2.45) is 0 Å². The normalized spacial score (nSPS) is 17.7. The van der Waals surface area contributed by atoms with Gasteiger partial charge in [0.1, 0.15) is 0 Å². The van der Waals surface area contributed by atoms with Crippen LogP contribution in [0.15, 0.2) is 18.2 Å². The Morgan fingerprint density at radius 1 is 1.42 bits per heavy atom. The van der Waals surface area contributed by atoms with Crippen LogP contribution in [0, 0.1) is 18.3 Å². The van der Waals surface area contributed by atoms with Gasteiger partial charge in [-0.3, -0.25) is 4.90 Å². The summed E-state index contributed by atoms with van der Waals surface area (Å²) in [5.74, 6) is 0. The zero-order chi connectivity index (χ0) is 13.7. The minimum absolute atomic E-state index is 0.380. The van der Waals surface area contributed by atoms with E-state index in [0.717, 1.165) is 49.7 Å². The van der Waals surface area contributed by atoms with E-state index in [1.54, 1.807) is 0 Å². The highest BCUT2D eigenvalue weighted by Gasteiger charge is 2.13. The molecule has 102 valence electrons. The molecule has 1 aliphatic heterocycles. The Balaban J connectivity index is 1.89. The van der Waals surface area contributed by atoms with Crippen molar-refractivity contribution in [3.8, 4) is 6.07 Å². The Morgan fingerprint density at radius 3 is 2.79 bits per heavy atom. The maximum absolute atomic E-state index is 8.92. The molecule has 4 nitrogen and oxygen atoms in total. The molecule has 4 heteroatoms. The molecular weight excluding hydrogens is 238 g/mol. The van der Waals surface area contributed by atoms with Gasteiger partial charge in [0.25, 0.3) is 0 Å². The van der Waals surface area contributed by atoms with Crippen LogP contribution in [0.25, 0.3) is 0 Å². The maximum Gasteiger partial charge on any atom is 0.0994 e. The SMILES string of the molecule is Cc1cc(NC(C)CN2CCOCC2)ccc1C#N. The third-order valence-corrected chi connectivity index (χ3v) is 3.40. The zero-order valence-electron chi connectivity index (χ0n) is 11.6. The van der Waals surface area contributed by atoms with Crippen LogP contribution in [0.4, 0.5) is 5.69 Å². The van der Waals surface area contributed by atoms with E-state index in [-0.39, 0.29) is 0 Å². The van der Waals surface area contributed by atoms with E-state index < -0.39 is 0 Å². The minimum Gasteiger partial charge on any atom is -0.381 e. The number of aryl methyl sites for hydroxylation is 1. The van der Waals surface area contributed by atoms with Gasteiger partial charge in [-0.2, -0.15) is 5.26 Å². The van der Waals surface area contributed by atoms with Crippen molar-refractivity contribution in [3.63, 3.8) is 0 Å². The fraction of sp³-hybridized carbons (Fsp3) is 0.533. The number of ether oxygens (including phenoxy) is 1.